The summed E-state index contributed by atoms with van der Waals surface area (Å²) in [4.78, 5) is 6.84. The Bertz CT molecular complexity index is 602. The molecule has 0 saturated carbocycles. The van der Waals surface area contributed by atoms with Crippen molar-refractivity contribution in [3.05, 3.63) is 35.5 Å². The van der Waals surface area contributed by atoms with E-state index in [-0.39, 0.29) is 0 Å². The van der Waals surface area contributed by atoms with Crippen molar-refractivity contribution in [3.8, 4) is 0 Å². The van der Waals surface area contributed by atoms with Gasteiger partial charge in [-0.15, -0.1) is 0 Å². The third-order valence-electron chi connectivity index (χ3n) is 3.93. The van der Waals surface area contributed by atoms with Crippen molar-refractivity contribution in [2.75, 3.05) is 43.0 Å². The Balaban J connectivity index is 1.71. The van der Waals surface area contributed by atoms with Crippen molar-refractivity contribution < 1.29 is 0 Å². The molecule has 1 N–H and O–H groups in total. The molecule has 0 bridgehead atoms. The minimum Gasteiger partial charge on any atom is -0.384 e. The molecule has 2 rings (SSSR count). The molecule has 0 saturated heterocycles. The monoisotopic (exact) mass is 351 g/mol. The number of pyridine rings is 1. The van der Waals surface area contributed by atoms with Crippen LogP contribution in [0, 0.1) is 0 Å². The maximum atomic E-state index is 6.02. The Morgan fingerprint density at radius 1 is 1.17 bits per heavy atom. The number of benzene rings is 1. The molecule has 0 fully saturated rings. The van der Waals surface area contributed by atoms with Gasteiger partial charge in [-0.25, -0.2) is 0 Å². The molecule has 0 unspecified atom stereocenters. The molecule has 1 heterocycles. The fourth-order valence-corrected chi connectivity index (χ4v) is 3.61. The SMILES string of the molecule is CCN(CC)CCSCCCNc1ccnc2cc(Cl)ccc12. The van der Waals surface area contributed by atoms with Gasteiger partial charge in [0.1, 0.15) is 0 Å². The number of rotatable bonds is 10. The molecule has 3 nitrogen and oxygen atoms in total. The second-order valence-electron chi connectivity index (χ2n) is 5.44. The molecule has 1 aromatic heterocycles. The zero-order chi connectivity index (χ0) is 16.5. The van der Waals surface area contributed by atoms with Crippen LogP contribution in [-0.4, -0.2) is 47.6 Å². The van der Waals surface area contributed by atoms with Gasteiger partial charge < -0.3 is 10.2 Å². The molecular formula is C18H26ClN3S. The second kappa shape index (κ2) is 10.0. The van der Waals surface area contributed by atoms with Crippen LogP contribution < -0.4 is 5.32 Å². The molecule has 0 aliphatic heterocycles. The quantitative estimate of drug-likeness (QED) is 0.624. The largest absolute Gasteiger partial charge is 0.384 e. The van der Waals surface area contributed by atoms with Crippen molar-refractivity contribution in [1.82, 2.24) is 9.88 Å². The zero-order valence-electron chi connectivity index (χ0n) is 14.0. The van der Waals surface area contributed by atoms with Crippen LogP contribution in [0.25, 0.3) is 10.9 Å². The normalized spacial score (nSPS) is 11.3. The first kappa shape index (κ1) is 18.4. The minimum absolute atomic E-state index is 0.728. The summed E-state index contributed by atoms with van der Waals surface area (Å²) in [5, 5.41) is 5.38. The summed E-state index contributed by atoms with van der Waals surface area (Å²) >= 11 is 8.06. The topological polar surface area (TPSA) is 28.2 Å². The molecule has 0 aliphatic rings. The summed E-state index contributed by atoms with van der Waals surface area (Å²) in [6.07, 6.45) is 3.00. The summed E-state index contributed by atoms with van der Waals surface area (Å²) in [5.41, 5.74) is 2.08. The highest BCUT2D eigenvalue weighted by Crippen LogP contribution is 2.24. The van der Waals surface area contributed by atoms with Gasteiger partial charge in [-0.3, -0.25) is 4.98 Å². The Morgan fingerprint density at radius 2 is 2.00 bits per heavy atom. The van der Waals surface area contributed by atoms with E-state index in [2.05, 4.69) is 29.0 Å². The Labute approximate surface area is 148 Å². The Hall–Kier alpha value is -0.970. The van der Waals surface area contributed by atoms with Crippen LogP contribution in [0.4, 0.5) is 5.69 Å². The lowest BCUT2D eigenvalue weighted by molar-refractivity contribution is 0.324. The number of nitrogens with zero attached hydrogens (tertiary/aromatic N) is 2. The van der Waals surface area contributed by atoms with E-state index >= 15 is 0 Å². The van der Waals surface area contributed by atoms with Crippen LogP contribution in [0.3, 0.4) is 0 Å². The first-order valence-electron chi connectivity index (χ1n) is 8.32. The third kappa shape index (κ3) is 5.87. The number of hydrogen-bond acceptors (Lipinski definition) is 4. The number of nitrogens with one attached hydrogen (secondary N) is 1. The number of halogens is 1. The maximum Gasteiger partial charge on any atom is 0.0737 e. The smallest absolute Gasteiger partial charge is 0.0737 e. The average Bonchev–Trinajstić information content (AvgIpc) is 2.57. The molecule has 5 heteroatoms. The van der Waals surface area contributed by atoms with Gasteiger partial charge in [-0.05, 0) is 49.5 Å². The minimum atomic E-state index is 0.728. The highest BCUT2D eigenvalue weighted by atomic mass is 35.5. The van der Waals surface area contributed by atoms with Gasteiger partial charge >= 0.3 is 0 Å². The fraction of sp³-hybridized carbons (Fsp3) is 0.500. The summed E-state index contributed by atoms with van der Waals surface area (Å²) in [6.45, 7) is 8.94. The van der Waals surface area contributed by atoms with Crippen LogP contribution >= 0.6 is 23.4 Å². The van der Waals surface area contributed by atoms with E-state index in [0.717, 1.165) is 41.2 Å². The van der Waals surface area contributed by atoms with Gasteiger partial charge in [0.15, 0.2) is 0 Å². The highest BCUT2D eigenvalue weighted by molar-refractivity contribution is 7.99. The zero-order valence-corrected chi connectivity index (χ0v) is 15.6. The van der Waals surface area contributed by atoms with Gasteiger partial charge in [-0.1, -0.05) is 25.4 Å². The summed E-state index contributed by atoms with van der Waals surface area (Å²) < 4.78 is 0. The standard InChI is InChI=1S/C18H26ClN3S/c1-3-22(4-2)11-13-23-12-5-9-20-17-8-10-21-18-14-15(19)6-7-16(17)18/h6-8,10,14H,3-5,9,11-13H2,1-2H3,(H,20,21). The van der Waals surface area contributed by atoms with Crippen LogP contribution in [0.15, 0.2) is 30.5 Å². The molecule has 0 aliphatic carbocycles. The predicted octanol–water partition coefficient (Wildman–Crippen LogP) is 4.77. The van der Waals surface area contributed by atoms with Crippen molar-refractivity contribution in [2.45, 2.75) is 20.3 Å². The summed E-state index contributed by atoms with van der Waals surface area (Å²) in [5.74, 6) is 2.42. The molecule has 0 atom stereocenters. The van der Waals surface area contributed by atoms with E-state index in [1.807, 2.05) is 42.2 Å². The molecule has 2 aromatic rings. The lowest BCUT2D eigenvalue weighted by Crippen LogP contribution is -2.25. The lowest BCUT2D eigenvalue weighted by Gasteiger charge is -2.17. The predicted molar refractivity (Wildman–Crippen MR) is 105 cm³/mol. The van der Waals surface area contributed by atoms with Gasteiger partial charge in [-0.2, -0.15) is 11.8 Å². The average molecular weight is 352 g/mol. The highest BCUT2D eigenvalue weighted by Gasteiger charge is 2.02. The number of fused-ring (bicyclic) bond motifs is 1. The van der Waals surface area contributed by atoms with Gasteiger partial charge in [0, 0.05) is 41.1 Å². The second-order valence-corrected chi connectivity index (χ2v) is 7.10. The number of hydrogen-bond donors (Lipinski definition) is 1. The van der Waals surface area contributed by atoms with Gasteiger partial charge in [0.25, 0.3) is 0 Å². The summed E-state index contributed by atoms with van der Waals surface area (Å²) in [7, 11) is 0. The van der Waals surface area contributed by atoms with Crippen LogP contribution in [0.1, 0.15) is 20.3 Å². The number of aromatic nitrogens is 1. The lowest BCUT2D eigenvalue weighted by atomic mass is 10.2. The fourth-order valence-electron chi connectivity index (χ4n) is 2.51. The maximum absolute atomic E-state index is 6.02. The van der Waals surface area contributed by atoms with Gasteiger partial charge in [0.05, 0.1) is 5.52 Å². The van der Waals surface area contributed by atoms with E-state index in [0.29, 0.717) is 0 Å². The molecule has 23 heavy (non-hydrogen) atoms. The van der Waals surface area contributed by atoms with E-state index in [4.69, 9.17) is 11.6 Å². The first-order chi connectivity index (χ1) is 11.2. The van der Waals surface area contributed by atoms with Crippen molar-refractivity contribution >= 4 is 40.0 Å². The summed E-state index contributed by atoms with van der Waals surface area (Å²) in [6, 6.07) is 7.89. The third-order valence-corrected chi connectivity index (χ3v) is 5.22. The molecule has 0 spiro atoms. The van der Waals surface area contributed by atoms with Crippen molar-refractivity contribution in [3.63, 3.8) is 0 Å². The van der Waals surface area contributed by atoms with E-state index in [1.54, 1.807) is 0 Å². The van der Waals surface area contributed by atoms with Crippen molar-refractivity contribution in [2.24, 2.45) is 0 Å². The molecule has 0 radical (unpaired) electrons. The molecule has 0 amide bonds. The van der Waals surface area contributed by atoms with Crippen LogP contribution in [0.5, 0.6) is 0 Å². The Kier molecular flexibility index (Phi) is 8.00. The van der Waals surface area contributed by atoms with E-state index in [1.165, 1.54) is 24.5 Å². The molecule has 126 valence electrons. The van der Waals surface area contributed by atoms with Crippen LogP contribution in [-0.2, 0) is 0 Å². The first-order valence-corrected chi connectivity index (χ1v) is 9.86. The molecule has 1 aromatic carbocycles. The van der Waals surface area contributed by atoms with Crippen molar-refractivity contribution in [1.29, 1.82) is 0 Å². The van der Waals surface area contributed by atoms with E-state index < -0.39 is 0 Å². The molecular weight excluding hydrogens is 326 g/mol. The number of thioether (sulfide) groups is 1. The van der Waals surface area contributed by atoms with Crippen LogP contribution in [0.2, 0.25) is 5.02 Å². The van der Waals surface area contributed by atoms with E-state index in [9.17, 15) is 0 Å². The number of anilines is 1. The van der Waals surface area contributed by atoms with Gasteiger partial charge in [0.2, 0.25) is 0 Å². The Morgan fingerprint density at radius 3 is 2.78 bits per heavy atom.